The average molecular weight is 234 g/mol. The van der Waals surface area contributed by atoms with Crippen LogP contribution in [0.4, 0.5) is 0 Å². The number of benzene rings is 1. The van der Waals surface area contributed by atoms with Gasteiger partial charge in [0.15, 0.2) is 0 Å². The summed E-state index contributed by atoms with van der Waals surface area (Å²) in [5.74, 6) is 0.413. The van der Waals surface area contributed by atoms with Crippen LogP contribution in [0.5, 0.6) is 5.75 Å². The Bertz CT molecular complexity index is 381. The van der Waals surface area contributed by atoms with Gasteiger partial charge in [0.2, 0.25) is 0 Å². The molecular weight excluding hydrogens is 208 g/mol. The summed E-state index contributed by atoms with van der Waals surface area (Å²) in [5, 5.41) is 9.98. The van der Waals surface area contributed by atoms with Crippen LogP contribution in [-0.2, 0) is 10.8 Å². The molecule has 0 aliphatic carbocycles. The van der Waals surface area contributed by atoms with Crippen molar-refractivity contribution in [3.8, 4) is 5.75 Å². The molecule has 0 bridgehead atoms. The van der Waals surface area contributed by atoms with Crippen molar-refractivity contribution in [1.82, 2.24) is 0 Å². The van der Waals surface area contributed by atoms with E-state index in [2.05, 4.69) is 53.7 Å². The highest BCUT2D eigenvalue weighted by molar-refractivity contribution is 5.42. The molecule has 1 aromatic rings. The zero-order valence-corrected chi connectivity index (χ0v) is 12.1. The third kappa shape index (κ3) is 2.83. The minimum Gasteiger partial charge on any atom is -0.508 e. The largest absolute Gasteiger partial charge is 0.508 e. The van der Waals surface area contributed by atoms with Crippen molar-refractivity contribution in [2.24, 2.45) is 0 Å². The van der Waals surface area contributed by atoms with E-state index in [9.17, 15) is 5.11 Å². The van der Waals surface area contributed by atoms with Gasteiger partial charge in [-0.05, 0) is 40.9 Å². The number of aromatic hydroxyl groups is 1. The zero-order chi connectivity index (χ0) is 13.3. The van der Waals surface area contributed by atoms with Crippen LogP contribution in [0.1, 0.15) is 65.5 Å². The van der Waals surface area contributed by atoms with Gasteiger partial charge in [-0.1, -0.05) is 53.7 Å². The molecule has 1 nitrogen and oxygen atoms in total. The Morgan fingerprint density at radius 2 is 1.53 bits per heavy atom. The summed E-state index contributed by atoms with van der Waals surface area (Å²) < 4.78 is 0. The van der Waals surface area contributed by atoms with Gasteiger partial charge in [0, 0.05) is 0 Å². The first-order valence-corrected chi connectivity index (χ1v) is 6.58. The average Bonchev–Trinajstić information content (AvgIpc) is 2.27. The molecule has 1 heteroatoms. The fourth-order valence-electron chi connectivity index (χ4n) is 2.17. The molecule has 0 saturated carbocycles. The molecule has 17 heavy (non-hydrogen) atoms. The van der Waals surface area contributed by atoms with Crippen LogP contribution in [0.3, 0.4) is 0 Å². The molecule has 0 radical (unpaired) electrons. The summed E-state index contributed by atoms with van der Waals surface area (Å²) in [6, 6.07) is 6.10. The maximum absolute atomic E-state index is 9.98. The summed E-state index contributed by atoms with van der Waals surface area (Å²) >= 11 is 0. The van der Waals surface area contributed by atoms with E-state index in [-0.39, 0.29) is 10.8 Å². The molecule has 0 aliphatic rings. The lowest BCUT2D eigenvalue weighted by atomic mass is 9.75. The van der Waals surface area contributed by atoms with Crippen molar-refractivity contribution in [2.75, 3.05) is 0 Å². The van der Waals surface area contributed by atoms with Gasteiger partial charge in [0.25, 0.3) is 0 Å². The topological polar surface area (TPSA) is 20.2 Å². The Hall–Kier alpha value is -0.980. The Kier molecular flexibility index (Phi) is 3.91. The lowest BCUT2D eigenvalue weighted by Gasteiger charge is -2.30. The lowest BCUT2D eigenvalue weighted by molar-refractivity contribution is 0.426. The van der Waals surface area contributed by atoms with Gasteiger partial charge in [0.05, 0.1) is 0 Å². The summed E-state index contributed by atoms with van der Waals surface area (Å²) in [7, 11) is 0. The molecule has 96 valence electrons. The summed E-state index contributed by atoms with van der Waals surface area (Å²) in [4.78, 5) is 0. The molecule has 0 spiro atoms. The molecule has 0 unspecified atom stereocenters. The number of phenols is 1. The van der Waals surface area contributed by atoms with Crippen molar-refractivity contribution < 1.29 is 5.11 Å². The highest BCUT2D eigenvalue weighted by Gasteiger charge is 2.25. The lowest BCUT2D eigenvalue weighted by Crippen LogP contribution is -2.21. The second-order valence-electron chi connectivity index (χ2n) is 6.25. The van der Waals surface area contributed by atoms with Crippen LogP contribution in [-0.4, -0.2) is 5.11 Å². The molecule has 0 aliphatic heterocycles. The van der Waals surface area contributed by atoms with E-state index in [1.807, 2.05) is 6.07 Å². The van der Waals surface area contributed by atoms with E-state index in [1.54, 1.807) is 0 Å². The smallest absolute Gasteiger partial charge is 0.119 e. The van der Waals surface area contributed by atoms with Crippen molar-refractivity contribution in [1.29, 1.82) is 0 Å². The SMILES string of the molecule is CCC(C)(CC)c1ccc(O)c(C(C)(C)C)c1. The Balaban J connectivity index is 3.31. The monoisotopic (exact) mass is 234 g/mol. The molecule has 0 heterocycles. The van der Waals surface area contributed by atoms with Crippen molar-refractivity contribution in [3.05, 3.63) is 29.3 Å². The molecule has 0 amide bonds. The van der Waals surface area contributed by atoms with Gasteiger partial charge < -0.3 is 5.11 Å². The molecule has 0 saturated heterocycles. The molecule has 1 N–H and O–H groups in total. The van der Waals surface area contributed by atoms with Gasteiger partial charge >= 0.3 is 0 Å². The van der Waals surface area contributed by atoms with Crippen LogP contribution in [0, 0.1) is 0 Å². The fraction of sp³-hybridized carbons (Fsp3) is 0.625. The number of phenolic OH excluding ortho intramolecular Hbond substituents is 1. The molecule has 1 rings (SSSR count). The van der Waals surface area contributed by atoms with Crippen LogP contribution in [0.25, 0.3) is 0 Å². The van der Waals surface area contributed by atoms with Gasteiger partial charge in [-0.25, -0.2) is 0 Å². The Morgan fingerprint density at radius 3 is 1.94 bits per heavy atom. The van der Waals surface area contributed by atoms with Gasteiger partial charge in [0.1, 0.15) is 5.75 Å². The first-order chi connectivity index (χ1) is 7.74. The van der Waals surface area contributed by atoms with E-state index >= 15 is 0 Å². The van der Waals surface area contributed by atoms with Crippen molar-refractivity contribution in [3.63, 3.8) is 0 Å². The molecular formula is C16H26O. The predicted octanol–water partition coefficient (Wildman–Crippen LogP) is 4.77. The van der Waals surface area contributed by atoms with Crippen LogP contribution in [0.15, 0.2) is 18.2 Å². The standard InChI is InChI=1S/C16H26O/c1-7-16(6,8-2)12-9-10-14(17)13(11-12)15(3,4)5/h9-11,17H,7-8H2,1-6H3. The van der Waals surface area contributed by atoms with Crippen molar-refractivity contribution in [2.45, 2.75) is 65.2 Å². The van der Waals surface area contributed by atoms with E-state index < -0.39 is 0 Å². The third-order valence-corrected chi connectivity index (χ3v) is 4.06. The van der Waals surface area contributed by atoms with Crippen molar-refractivity contribution >= 4 is 0 Å². The number of rotatable bonds is 3. The van der Waals surface area contributed by atoms with Gasteiger partial charge in [-0.3, -0.25) is 0 Å². The third-order valence-electron chi connectivity index (χ3n) is 4.06. The summed E-state index contributed by atoms with van der Waals surface area (Å²) in [5.41, 5.74) is 2.59. The molecule has 0 fully saturated rings. The summed E-state index contributed by atoms with van der Waals surface area (Å²) in [6.07, 6.45) is 2.25. The van der Waals surface area contributed by atoms with Crippen LogP contribution in [0.2, 0.25) is 0 Å². The van der Waals surface area contributed by atoms with Gasteiger partial charge in [-0.2, -0.15) is 0 Å². The van der Waals surface area contributed by atoms with Crippen LogP contribution >= 0.6 is 0 Å². The Morgan fingerprint density at radius 1 is 1.00 bits per heavy atom. The van der Waals surface area contributed by atoms with E-state index in [4.69, 9.17) is 0 Å². The van der Waals surface area contributed by atoms with E-state index in [0.717, 1.165) is 18.4 Å². The second-order valence-corrected chi connectivity index (χ2v) is 6.25. The maximum atomic E-state index is 9.98. The van der Waals surface area contributed by atoms with E-state index in [0.29, 0.717) is 5.75 Å². The van der Waals surface area contributed by atoms with Gasteiger partial charge in [-0.15, -0.1) is 0 Å². The minimum absolute atomic E-state index is 0.0114. The molecule has 1 aromatic carbocycles. The first kappa shape index (κ1) is 14.1. The zero-order valence-electron chi connectivity index (χ0n) is 12.1. The summed E-state index contributed by atoms with van der Waals surface area (Å²) in [6.45, 7) is 13.2. The first-order valence-electron chi connectivity index (χ1n) is 6.58. The second kappa shape index (κ2) is 4.72. The highest BCUT2D eigenvalue weighted by atomic mass is 16.3. The maximum Gasteiger partial charge on any atom is 0.119 e. The number of hydrogen-bond donors (Lipinski definition) is 1. The Labute approximate surface area is 106 Å². The van der Waals surface area contributed by atoms with Crippen LogP contribution < -0.4 is 0 Å². The molecule has 0 aromatic heterocycles. The van der Waals surface area contributed by atoms with E-state index in [1.165, 1.54) is 5.56 Å². The number of hydrogen-bond acceptors (Lipinski definition) is 1. The molecule has 0 atom stereocenters. The normalized spacial score (nSPS) is 12.8. The minimum atomic E-state index is -0.0114. The predicted molar refractivity (Wildman–Crippen MR) is 74.7 cm³/mol. The quantitative estimate of drug-likeness (QED) is 0.799. The highest BCUT2D eigenvalue weighted by Crippen LogP contribution is 2.37. The fourth-order valence-corrected chi connectivity index (χ4v) is 2.17.